The van der Waals surface area contributed by atoms with E-state index in [-0.39, 0.29) is 18.1 Å². The second-order valence-electron chi connectivity index (χ2n) is 5.52. The SMILES string of the molecule is FC1(F)CC1CC1NCCOC12CCCC2. The van der Waals surface area contributed by atoms with Crippen molar-refractivity contribution in [3.63, 3.8) is 0 Å². The number of ether oxygens (including phenoxy) is 1. The predicted octanol–water partition coefficient (Wildman–Crippen LogP) is 2.33. The molecule has 3 aliphatic rings. The van der Waals surface area contributed by atoms with Gasteiger partial charge >= 0.3 is 0 Å². The molecule has 0 aromatic carbocycles. The first-order valence-electron chi connectivity index (χ1n) is 6.38. The zero-order valence-corrected chi connectivity index (χ0v) is 9.48. The number of alkyl halides is 2. The molecule has 0 aromatic rings. The normalized spacial score (nSPS) is 40.1. The first-order chi connectivity index (χ1) is 7.62. The summed E-state index contributed by atoms with van der Waals surface area (Å²) in [6, 6.07) is 0.155. The van der Waals surface area contributed by atoms with Crippen molar-refractivity contribution in [2.45, 2.75) is 56.1 Å². The molecule has 2 atom stereocenters. The van der Waals surface area contributed by atoms with Gasteiger partial charge in [0.15, 0.2) is 0 Å². The van der Waals surface area contributed by atoms with Gasteiger partial charge in [0.05, 0.1) is 12.2 Å². The van der Waals surface area contributed by atoms with Crippen LogP contribution in [0, 0.1) is 5.92 Å². The molecular weight excluding hydrogens is 212 g/mol. The van der Waals surface area contributed by atoms with Crippen LogP contribution in [0.5, 0.6) is 0 Å². The Bertz CT molecular complexity index is 276. The van der Waals surface area contributed by atoms with Crippen LogP contribution in [0.1, 0.15) is 38.5 Å². The Balaban J connectivity index is 1.67. The molecule has 2 nitrogen and oxygen atoms in total. The van der Waals surface area contributed by atoms with Crippen molar-refractivity contribution >= 4 is 0 Å². The van der Waals surface area contributed by atoms with E-state index in [0.717, 1.165) is 26.0 Å². The van der Waals surface area contributed by atoms with E-state index in [1.807, 2.05) is 0 Å². The molecule has 92 valence electrons. The minimum Gasteiger partial charge on any atom is -0.372 e. The highest BCUT2D eigenvalue weighted by atomic mass is 19.3. The van der Waals surface area contributed by atoms with Crippen LogP contribution in [0.2, 0.25) is 0 Å². The minimum atomic E-state index is -2.39. The lowest BCUT2D eigenvalue weighted by molar-refractivity contribution is -0.0967. The molecule has 1 saturated heterocycles. The summed E-state index contributed by atoms with van der Waals surface area (Å²) in [6.45, 7) is 1.54. The lowest BCUT2D eigenvalue weighted by Gasteiger charge is -2.42. The summed E-state index contributed by atoms with van der Waals surface area (Å²) in [7, 11) is 0. The maximum absolute atomic E-state index is 13.0. The zero-order chi connectivity index (χ0) is 11.2. The highest BCUT2D eigenvalue weighted by Crippen LogP contribution is 2.53. The highest BCUT2D eigenvalue weighted by molar-refractivity contribution is 5.05. The van der Waals surface area contributed by atoms with Crippen LogP contribution in [-0.2, 0) is 4.74 Å². The van der Waals surface area contributed by atoms with Gasteiger partial charge in [-0.15, -0.1) is 0 Å². The third-order valence-electron chi connectivity index (χ3n) is 4.44. The van der Waals surface area contributed by atoms with E-state index in [0.29, 0.717) is 6.42 Å². The van der Waals surface area contributed by atoms with Crippen LogP contribution in [0.3, 0.4) is 0 Å². The number of rotatable bonds is 2. The summed E-state index contributed by atoms with van der Waals surface area (Å²) in [5, 5.41) is 3.40. The molecule has 0 amide bonds. The minimum absolute atomic E-state index is 0.0846. The van der Waals surface area contributed by atoms with Gasteiger partial charge in [0.2, 0.25) is 0 Å². The first-order valence-corrected chi connectivity index (χ1v) is 6.38. The van der Waals surface area contributed by atoms with Gasteiger partial charge in [-0.3, -0.25) is 0 Å². The van der Waals surface area contributed by atoms with Crippen molar-refractivity contribution in [3.05, 3.63) is 0 Å². The summed E-state index contributed by atoms with van der Waals surface area (Å²) in [5.74, 6) is -2.79. The third kappa shape index (κ3) is 1.76. The smallest absolute Gasteiger partial charge is 0.251 e. The molecule has 1 heterocycles. The molecule has 3 fully saturated rings. The van der Waals surface area contributed by atoms with Gasteiger partial charge in [-0.25, -0.2) is 8.78 Å². The molecule has 0 aromatic heterocycles. The number of nitrogens with one attached hydrogen (secondary N) is 1. The van der Waals surface area contributed by atoms with Crippen LogP contribution in [0.25, 0.3) is 0 Å². The van der Waals surface area contributed by atoms with E-state index in [2.05, 4.69) is 5.32 Å². The van der Waals surface area contributed by atoms with Crippen molar-refractivity contribution in [1.82, 2.24) is 5.32 Å². The molecule has 0 bridgehead atoms. The van der Waals surface area contributed by atoms with Crippen molar-refractivity contribution in [2.24, 2.45) is 5.92 Å². The number of halogens is 2. The fourth-order valence-corrected chi connectivity index (χ4v) is 3.35. The van der Waals surface area contributed by atoms with E-state index in [9.17, 15) is 8.78 Å². The second kappa shape index (κ2) is 3.64. The second-order valence-corrected chi connectivity index (χ2v) is 5.52. The Morgan fingerprint density at radius 3 is 2.56 bits per heavy atom. The van der Waals surface area contributed by atoms with Gasteiger partial charge in [0.1, 0.15) is 0 Å². The van der Waals surface area contributed by atoms with Gasteiger partial charge < -0.3 is 10.1 Å². The van der Waals surface area contributed by atoms with Gasteiger partial charge in [-0.2, -0.15) is 0 Å². The molecule has 3 rings (SSSR count). The number of morpholine rings is 1. The molecule has 2 unspecified atom stereocenters. The van der Waals surface area contributed by atoms with Gasteiger partial charge in [-0.1, -0.05) is 12.8 Å². The van der Waals surface area contributed by atoms with Crippen LogP contribution in [0.4, 0.5) is 8.78 Å². The van der Waals surface area contributed by atoms with Crippen LogP contribution >= 0.6 is 0 Å². The number of hydrogen-bond donors (Lipinski definition) is 1. The molecule has 0 radical (unpaired) electrons. The maximum Gasteiger partial charge on any atom is 0.251 e. The Morgan fingerprint density at radius 2 is 1.94 bits per heavy atom. The highest BCUT2D eigenvalue weighted by Gasteiger charge is 2.59. The summed E-state index contributed by atoms with van der Waals surface area (Å²) in [5.41, 5.74) is -0.114. The standard InChI is InChI=1S/C12H19F2NO/c13-12(14)8-9(12)7-10-11(3-1-2-4-11)16-6-5-15-10/h9-10,15H,1-8H2. The van der Waals surface area contributed by atoms with E-state index in [1.165, 1.54) is 12.8 Å². The molecule has 2 saturated carbocycles. The largest absolute Gasteiger partial charge is 0.372 e. The lowest BCUT2D eigenvalue weighted by atomic mass is 9.87. The van der Waals surface area contributed by atoms with Crippen molar-refractivity contribution in [3.8, 4) is 0 Å². The van der Waals surface area contributed by atoms with Gasteiger partial charge in [0.25, 0.3) is 5.92 Å². The van der Waals surface area contributed by atoms with Crippen molar-refractivity contribution < 1.29 is 13.5 Å². The zero-order valence-electron chi connectivity index (χ0n) is 9.48. The summed E-state index contributed by atoms with van der Waals surface area (Å²) < 4.78 is 31.8. The Morgan fingerprint density at radius 1 is 1.25 bits per heavy atom. The quantitative estimate of drug-likeness (QED) is 0.787. The molecule has 1 spiro atoms. The van der Waals surface area contributed by atoms with Crippen molar-refractivity contribution in [2.75, 3.05) is 13.2 Å². The fourth-order valence-electron chi connectivity index (χ4n) is 3.35. The average molecular weight is 231 g/mol. The third-order valence-corrected chi connectivity index (χ3v) is 4.44. The van der Waals surface area contributed by atoms with Crippen molar-refractivity contribution in [1.29, 1.82) is 0 Å². The Hall–Kier alpha value is -0.220. The van der Waals surface area contributed by atoms with Gasteiger partial charge in [-0.05, 0) is 19.3 Å². The first kappa shape index (κ1) is 10.9. The van der Waals surface area contributed by atoms with Crippen LogP contribution in [0.15, 0.2) is 0 Å². The Labute approximate surface area is 94.7 Å². The monoisotopic (exact) mass is 231 g/mol. The van der Waals surface area contributed by atoms with E-state index < -0.39 is 11.8 Å². The molecule has 2 aliphatic carbocycles. The average Bonchev–Trinajstić information content (AvgIpc) is 2.66. The topological polar surface area (TPSA) is 21.3 Å². The maximum atomic E-state index is 13.0. The van der Waals surface area contributed by atoms with Crippen LogP contribution in [-0.4, -0.2) is 30.7 Å². The molecular formula is C12H19F2NO. The lowest BCUT2D eigenvalue weighted by Crippen LogP contribution is -2.56. The Kier molecular flexibility index (Phi) is 2.48. The van der Waals surface area contributed by atoms with E-state index in [1.54, 1.807) is 0 Å². The molecule has 16 heavy (non-hydrogen) atoms. The van der Waals surface area contributed by atoms with Crippen LogP contribution < -0.4 is 5.32 Å². The predicted molar refractivity (Wildman–Crippen MR) is 56.6 cm³/mol. The van der Waals surface area contributed by atoms with Gasteiger partial charge in [0, 0.05) is 24.9 Å². The number of hydrogen-bond acceptors (Lipinski definition) is 2. The van der Waals surface area contributed by atoms with E-state index >= 15 is 0 Å². The molecule has 1 N–H and O–H groups in total. The summed E-state index contributed by atoms with van der Waals surface area (Å²) in [6.07, 6.45) is 5.12. The van der Waals surface area contributed by atoms with E-state index in [4.69, 9.17) is 4.74 Å². The fraction of sp³-hybridized carbons (Fsp3) is 1.00. The summed E-state index contributed by atoms with van der Waals surface area (Å²) in [4.78, 5) is 0. The molecule has 1 aliphatic heterocycles. The summed E-state index contributed by atoms with van der Waals surface area (Å²) >= 11 is 0. The molecule has 4 heteroatoms.